The minimum Gasteiger partial charge on any atom is -0.479 e. The Labute approximate surface area is 104 Å². The zero-order valence-corrected chi connectivity index (χ0v) is 10.8. The lowest BCUT2D eigenvalue weighted by molar-refractivity contribution is -0.146. The molecule has 98 valence electrons. The number of nitrogens with one attached hydrogen (secondary N) is 1. The second kappa shape index (κ2) is 5.59. The van der Waals surface area contributed by atoms with Gasteiger partial charge in [0.15, 0.2) is 6.10 Å². The number of thioether (sulfide) groups is 1. The maximum atomic E-state index is 11.7. The van der Waals surface area contributed by atoms with Crippen molar-refractivity contribution in [1.29, 1.82) is 0 Å². The van der Waals surface area contributed by atoms with Crippen molar-refractivity contribution in [3.8, 4) is 0 Å². The lowest BCUT2D eigenvalue weighted by Crippen LogP contribution is -2.51. The van der Waals surface area contributed by atoms with Crippen LogP contribution >= 0.6 is 11.8 Å². The summed E-state index contributed by atoms with van der Waals surface area (Å²) in [6, 6.07) is -0.321. The summed E-state index contributed by atoms with van der Waals surface area (Å²) in [7, 11) is 0. The van der Waals surface area contributed by atoms with E-state index in [1.54, 1.807) is 16.7 Å². The number of nitrogens with zero attached hydrogens (tertiary/aromatic N) is 1. The van der Waals surface area contributed by atoms with E-state index >= 15 is 0 Å². The summed E-state index contributed by atoms with van der Waals surface area (Å²) in [5.41, 5.74) is 0. The number of aliphatic carboxylic acids is 1. The number of amides is 2. The highest BCUT2D eigenvalue weighted by atomic mass is 32.2. The maximum Gasteiger partial charge on any atom is 0.334 e. The molecular formula is C10H18N2O4S. The predicted molar refractivity (Wildman–Crippen MR) is 65.2 cm³/mol. The molecule has 0 spiro atoms. The number of rotatable bonds is 3. The number of hydrogen-bond donors (Lipinski definition) is 3. The molecule has 0 aromatic heterocycles. The van der Waals surface area contributed by atoms with Gasteiger partial charge in [-0.05, 0) is 13.8 Å². The summed E-state index contributed by atoms with van der Waals surface area (Å²) in [6.45, 7) is 5.11. The zero-order chi connectivity index (χ0) is 13.1. The van der Waals surface area contributed by atoms with Crippen molar-refractivity contribution in [2.45, 2.75) is 24.7 Å². The van der Waals surface area contributed by atoms with Crippen LogP contribution in [0.4, 0.5) is 4.79 Å². The van der Waals surface area contributed by atoms with E-state index in [-0.39, 0.29) is 17.3 Å². The molecule has 0 saturated carbocycles. The lowest BCUT2D eigenvalue weighted by atomic mass is 10.2. The number of urea groups is 1. The Morgan fingerprint density at radius 1 is 1.53 bits per heavy atom. The third-order valence-corrected chi connectivity index (χ3v) is 3.74. The van der Waals surface area contributed by atoms with Gasteiger partial charge in [-0.3, -0.25) is 0 Å². The molecule has 1 atom stereocenters. The second-order valence-corrected chi connectivity index (χ2v) is 6.37. The van der Waals surface area contributed by atoms with E-state index in [4.69, 9.17) is 10.2 Å². The van der Waals surface area contributed by atoms with Crippen molar-refractivity contribution in [3.63, 3.8) is 0 Å². The van der Waals surface area contributed by atoms with Crippen molar-refractivity contribution in [2.75, 3.05) is 25.4 Å². The number of carbonyl (C=O) groups excluding carboxylic acids is 1. The fourth-order valence-electron chi connectivity index (χ4n) is 1.57. The molecule has 0 aromatic rings. The molecule has 1 aliphatic heterocycles. The van der Waals surface area contributed by atoms with Crippen LogP contribution in [0.15, 0.2) is 0 Å². The minimum atomic E-state index is -1.55. The first-order chi connectivity index (χ1) is 7.82. The van der Waals surface area contributed by atoms with Crippen molar-refractivity contribution in [2.24, 2.45) is 0 Å². The second-order valence-electron chi connectivity index (χ2n) is 4.57. The third kappa shape index (κ3) is 4.43. The standard InChI is InChI=1S/C10H18N2O4S/c1-10(2)6-12(3-4-17-10)9(16)11-5-7(13)8(14)15/h7,13H,3-6H2,1-2H3,(H,11,16)(H,14,15). The van der Waals surface area contributed by atoms with Crippen LogP contribution in [0.2, 0.25) is 0 Å². The molecule has 1 heterocycles. The molecule has 1 saturated heterocycles. The summed E-state index contributed by atoms with van der Waals surface area (Å²) in [5, 5.41) is 19.9. The maximum absolute atomic E-state index is 11.7. The van der Waals surface area contributed by atoms with E-state index in [1.807, 2.05) is 0 Å². The Bertz CT molecular complexity index is 309. The van der Waals surface area contributed by atoms with Gasteiger partial charge in [-0.2, -0.15) is 11.8 Å². The average molecular weight is 262 g/mol. The van der Waals surface area contributed by atoms with E-state index in [2.05, 4.69) is 19.2 Å². The number of aliphatic hydroxyl groups excluding tert-OH is 1. The monoisotopic (exact) mass is 262 g/mol. The van der Waals surface area contributed by atoms with E-state index in [1.165, 1.54) is 0 Å². The molecule has 0 aliphatic carbocycles. The Morgan fingerprint density at radius 2 is 2.18 bits per heavy atom. The van der Waals surface area contributed by atoms with E-state index in [9.17, 15) is 9.59 Å². The summed E-state index contributed by atoms with van der Waals surface area (Å²) < 4.78 is 0.0149. The molecular weight excluding hydrogens is 244 g/mol. The lowest BCUT2D eigenvalue weighted by Gasteiger charge is -2.37. The average Bonchev–Trinajstić information content (AvgIpc) is 2.23. The Morgan fingerprint density at radius 3 is 2.71 bits per heavy atom. The highest BCUT2D eigenvalue weighted by Crippen LogP contribution is 2.29. The van der Waals surface area contributed by atoms with Gasteiger partial charge in [0.1, 0.15) is 0 Å². The number of carbonyl (C=O) groups is 2. The normalized spacial score (nSPS) is 20.8. The first kappa shape index (κ1) is 14.1. The molecule has 1 rings (SSSR count). The van der Waals surface area contributed by atoms with Gasteiger partial charge in [0.05, 0.1) is 6.54 Å². The van der Waals surface area contributed by atoms with E-state index < -0.39 is 12.1 Å². The van der Waals surface area contributed by atoms with Gasteiger partial charge in [0, 0.05) is 23.6 Å². The molecule has 7 heteroatoms. The number of hydrogen-bond acceptors (Lipinski definition) is 4. The molecule has 1 fully saturated rings. The van der Waals surface area contributed by atoms with Crippen molar-refractivity contribution >= 4 is 23.8 Å². The number of carboxylic acid groups (broad SMARTS) is 1. The van der Waals surface area contributed by atoms with Gasteiger partial charge < -0.3 is 20.4 Å². The minimum absolute atomic E-state index is 0.0149. The van der Waals surface area contributed by atoms with Crippen LogP contribution in [0.25, 0.3) is 0 Å². The van der Waals surface area contributed by atoms with Crippen molar-refractivity contribution in [1.82, 2.24) is 10.2 Å². The summed E-state index contributed by atoms with van der Waals surface area (Å²) in [6.07, 6.45) is -1.55. The number of aliphatic hydroxyl groups is 1. The van der Waals surface area contributed by atoms with Gasteiger partial charge in [-0.15, -0.1) is 0 Å². The highest BCUT2D eigenvalue weighted by molar-refractivity contribution is 8.00. The zero-order valence-electron chi connectivity index (χ0n) is 9.97. The van der Waals surface area contributed by atoms with Crippen LogP contribution in [0.3, 0.4) is 0 Å². The van der Waals surface area contributed by atoms with E-state index in [0.29, 0.717) is 13.1 Å². The Balaban J connectivity index is 2.40. The topological polar surface area (TPSA) is 89.9 Å². The van der Waals surface area contributed by atoms with Crippen LogP contribution < -0.4 is 5.32 Å². The summed E-state index contributed by atoms with van der Waals surface area (Å²) >= 11 is 1.81. The van der Waals surface area contributed by atoms with Crippen LogP contribution in [-0.4, -0.2) is 63.4 Å². The molecule has 2 amide bonds. The Hall–Kier alpha value is -0.950. The fraction of sp³-hybridized carbons (Fsp3) is 0.800. The van der Waals surface area contributed by atoms with Gasteiger partial charge in [-0.25, -0.2) is 9.59 Å². The molecule has 3 N–H and O–H groups in total. The molecule has 1 aliphatic rings. The van der Waals surface area contributed by atoms with Gasteiger partial charge >= 0.3 is 12.0 Å². The molecule has 17 heavy (non-hydrogen) atoms. The SMILES string of the molecule is CC1(C)CN(C(=O)NCC(O)C(=O)O)CCS1. The molecule has 6 nitrogen and oxygen atoms in total. The summed E-state index contributed by atoms with van der Waals surface area (Å²) in [4.78, 5) is 23.7. The van der Waals surface area contributed by atoms with Crippen molar-refractivity contribution < 1.29 is 19.8 Å². The highest BCUT2D eigenvalue weighted by Gasteiger charge is 2.30. The predicted octanol–water partition coefficient (Wildman–Crippen LogP) is -0.0311. The first-order valence-corrected chi connectivity index (χ1v) is 6.38. The number of carboxylic acids is 1. The first-order valence-electron chi connectivity index (χ1n) is 5.39. The van der Waals surface area contributed by atoms with Crippen LogP contribution in [0.5, 0.6) is 0 Å². The van der Waals surface area contributed by atoms with Gasteiger partial charge in [0.2, 0.25) is 0 Å². The molecule has 0 radical (unpaired) electrons. The fourth-order valence-corrected chi connectivity index (χ4v) is 2.68. The molecule has 1 unspecified atom stereocenters. The van der Waals surface area contributed by atoms with Gasteiger partial charge in [0.25, 0.3) is 0 Å². The molecule has 0 bridgehead atoms. The molecule has 0 aromatic carbocycles. The van der Waals surface area contributed by atoms with E-state index in [0.717, 1.165) is 5.75 Å². The largest absolute Gasteiger partial charge is 0.479 e. The van der Waals surface area contributed by atoms with Crippen LogP contribution in [0, 0.1) is 0 Å². The van der Waals surface area contributed by atoms with Crippen molar-refractivity contribution in [3.05, 3.63) is 0 Å². The summed E-state index contributed by atoms with van der Waals surface area (Å²) in [5.74, 6) is -0.470. The third-order valence-electron chi connectivity index (χ3n) is 2.44. The Kier molecular flexibility index (Phi) is 4.64. The van der Waals surface area contributed by atoms with Crippen LogP contribution in [-0.2, 0) is 4.79 Å². The van der Waals surface area contributed by atoms with Crippen LogP contribution in [0.1, 0.15) is 13.8 Å². The van der Waals surface area contributed by atoms with Gasteiger partial charge in [-0.1, -0.05) is 0 Å². The quantitative estimate of drug-likeness (QED) is 0.664. The smallest absolute Gasteiger partial charge is 0.334 e.